The number of fused-ring (bicyclic) bond motifs is 1. The van der Waals surface area contributed by atoms with Gasteiger partial charge < -0.3 is 24.8 Å². The molecule has 0 unspecified atom stereocenters. The molecular weight excluding hydrogens is 448 g/mol. The Hall–Kier alpha value is -2.97. The van der Waals surface area contributed by atoms with Gasteiger partial charge in [0.15, 0.2) is 23.1 Å². The van der Waals surface area contributed by atoms with Crippen LogP contribution in [0.2, 0.25) is 0 Å². The van der Waals surface area contributed by atoms with Crippen LogP contribution in [0.4, 0.5) is 0 Å². The van der Waals surface area contributed by atoms with Crippen LogP contribution in [0, 0.1) is 17.3 Å². The van der Waals surface area contributed by atoms with Gasteiger partial charge >= 0.3 is 0 Å². The van der Waals surface area contributed by atoms with Crippen LogP contribution in [0.5, 0.6) is 11.5 Å². The average Bonchev–Trinajstić information content (AvgIpc) is 2.83. The summed E-state index contributed by atoms with van der Waals surface area (Å²) in [5.41, 5.74) is -0.474. The summed E-state index contributed by atoms with van der Waals surface area (Å²) in [5.74, 6) is -1.76. The van der Waals surface area contributed by atoms with Crippen molar-refractivity contribution in [2.24, 2.45) is 17.3 Å². The zero-order valence-electron chi connectivity index (χ0n) is 20.4. The molecule has 2 N–H and O–H groups in total. The summed E-state index contributed by atoms with van der Waals surface area (Å²) in [6.45, 7) is 2.12. The molecule has 184 valence electrons. The van der Waals surface area contributed by atoms with Crippen molar-refractivity contribution in [2.45, 2.75) is 43.2 Å². The molecule has 8 heteroatoms. The fraction of sp³-hybridized carbons (Fsp3) is 0.519. The van der Waals surface area contributed by atoms with Crippen molar-refractivity contribution >= 4 is 17.5 Å². The van der Waals surface area contributed by atoms with Gasteiger partial charge in [-0.3, -0.25) is 14.4 Å². The van der Waals surface area contributed by atoms with Crippen molar-refractivity contribution in [1.29, 1.82) is 0 Å². The third kappa shape index (κ3) is 2.46. The third-order valence-electron chi connectivity index (χ3n) is 9.57. The molecule has 1 amide bonds. The average molecular weight is 479 g/mol. The number of phenols is 1. The minimum Gasteiger partial charge on any atom is -0.504 e. The van der Waals surface area contributed by atoms with Crippen molar-refractivity contribution < 1.29 is 29.0 Å². The van der Waals surface area contributed by atoms with Crippen LogP contribution >= 0.6 is 0 Å². The fourth-order valence-corrected chi connectivity index (χ4v) is 8.37. The van der Waals surface area contributed by atoms with Gasteiger partial charge in [-0.25, -0.2) is 0 Å². The van der Waals surface area contributed by atoms with Gasteiger partial charge in [-0.2, -0.15) is 0 Å². The molecule has 4 bridgehead atoms. The highest BCUT2D eigenvalue weighted by Crippen LogP contribution is 2.73. The highest BCUT2D eigenvalue weighted by atomic mass is 16.5. The number of methoxy groups -OCH3 is 2. The van der Waals surface area contributed by atoms with Gasteiger partial charge in [-0.05, 0) is 44.5 Å². The second-order valence-electron chi connectivity index (χ2n) is 10.7. The van der Waals surface area contributed by atoms with E-state index >= 15 is 0 Å². The van der Waals surface area contributed by atoms with Crippen molar-refractivity contribution in [3.05, 3.63) is 47.2 Å². The summed E-state index contributed by atoms with van der Waals surface area (Å²) < 4.78 is 11.6. The molecule has 35 heavy (non-hydrogen) atoms. The summed E-state index contributed by atoms with van der Waals surface area (Å²) in [5, 5.41) is 14.0. The predicted molar refractivity (Wildman–Crippen MR) is 126 cm³/mol. The summed E-state index contributed by atoms with van der Waals surface area (Å²) in [6, 6.07) is 3.77. The quantitative estimate of drug-likeness (QED) is 0.637. The molecule has 0 aromatic heterocycles. The van der Waals surface area contributed by atoms with Crippen LogP contribution in [-0.4, -0.2) is 66.9 Å². The van der Waals surface area contributed by atoms with E-state index in [-0.39, 0.29) is 29.1 Å². The Labute approximate surface area is 204 Å². The maximum atomic E-state index is 13.9. The number of phenolic OH excluding ortho intramolecular Hbond substituents is 1. The molecule has 1 saturated heterocycles. The lowest BCUT2D eigenvalue weighted by Gasteiger charge is -2.73. The van der Waals surface area contributed by atoms with Crippen LogP contribution < -0.4 is 10.1 Å². The molecule has 1 aliphatic heterocycles. The lowest BCUT2D eigenvalue weighted by Crippen LogP contribution is -2.79. The minimum atomic E-state index is -1.04. The van der Waals surface area contributed by atoms with Crippen molar-refractivity contribution in [3.8, 4) is 11.5 Å². The van der Waals surface area contributed by atoms with Crippen LogP contribution in [0.1, 0.15) is 30.9 Å². The number of ketones is 2. The third-order valence-corrected chi connectivity index (χ3v) is 9.57. The van der Waals surface area contributed by atoms with E-state index in [0.717, 1.165) is 17.7 Å². The number of nitrogens with zero attached hydrogens (tertiary/aromatic N) is 1. The largest absolute Gasteiger partial charge is 0.504 e. The first-order valence-electron chi connectivity index (χ1n) is 12.1. The number of hydrogen-bond donors (Lipinski definition) is 2. The van der Waals surface area contributed by atoms with Gasteiger partial charge in [0.2, 0.25) is 5.91 Å². The van der Waals surface area contributed by atoms with Gasteiger partial charge in [0.25, 0.3) is 0 Å². The highest BCUT2D eigenvalue weighted by Gasteiger charge is 2.77. The SMILES string of the molecule is COc1ccc2c(c1O)[C@]13CCN(C)[C@H](C2)[C@@]12C=C[C@@](OC)(C3)[C@@H]1C(=O)C(NC(C)=O)=CC(=O)[C@@H]12. The van der Waals surface area contributed by atoms with E-state index in [1.807, 2.05) is 12.1 Å². The normalized spacial score (nSPS) is 38.9. The molecular formula is C27H30N2O6. The second-order valence-corrected chi connectivity index (χ2v) is 10.7. The molecule has 7 rings (SSSR count). The van der Waals surface area contributed by atoms with Crippen LogP contribution in [0.25, 0.3) is 0 Å². The van der Waals surface area contributed by atoms with Gasteiger partial charge in [0.1, 0.15) is 0 Å². The minimum absolute atomic E-state index is 0.0332. The Bertz CT molecular complexity index is 1250. The number of likely N-dealkylation sites (N-methyl/N-ethyl adjacent to an activating group) is 1. The van der Waals surface area contributed by atoms with E-state index in [9.17, 15) is 19.5 Å². The van der Waals surface area contributed by atoms with E-state index in [1.165, 1.54) is 20.1 Å². The standard InChI is InChI=1S/C27H30N2O6/c1-14(30)28-16-12-17(31)21-22(23(16)32)26(35-4)7-8-27(21)19-11-15-5-6-18(34-3)24(33)20(15)25(27,13-26)9-10-29(19)2/h5-8,12,19,21-22,33H,9-11,13H2,1-4H3,(H,28,30)/t19-,21+,22+,25-,26-,27-/m1/s1. The molecule has 1 spiro atoms. The van der Waals surface area contributed by atoms with Gasteiger partial charge in [-0.1, -0.05) is 18.2 Å². The van der Waals surface area contributed by atoms with Crippen molar-refractivity contribution in [1.82, 2.24) is 10.2 Å². The van der Waals surface area contributed by atoms with E-state index in [2.05, 4.69) is 23.3 Å². The fourth-order valence-electron chi connectivity index (χ4n) is 8.37. The Kier molecular flexibility index (Phi) is 4.53. The topological polar surface area (TPSA) is 105 Å². The number of allylic oxidation sites excluding steroid dienone is 2. The molecule has 0 radical (unpaired) electrons. The lowest BCUT2D eigenvalue weighted by molar-refractivity contribution is -0.202. The molecule has 1 aromatic rings. The number of piperidine rings is 1. The van der Waals surface area contributed by atoms with Crippen LogP contribution in [0.3, 0.4) is 0 Å². The number of amides is 1. The van der Waals surface area contributed by atoms with E-state index in [1.54, 1.807) is 13.2 Å². The number of rotatable bonds is 3. The summed E-state index contributed by atoms with van der Waals surface area (Å²) >= 11 is 0. The number of carbonyl (C=O) groups is 3. The maximum Gasteiger partial charge on any atom is 0.221 e. The number of ether oxygens (including phenoxy) is 2. The molecule has 6 atom stereocenters. The van der Waals surface area contributed by atoms with Crippen molar-refractivity contribution in [2.75, 3.05) is 27.8 Å². The molecule has 1 saturated carbocycles. The summed E-state index contributed by atoms with van der Waals surface area (Å²) in [6.07, 6.45) is 7.20. The Morgan fingerprint density at radius 1 is 1.20 bits per heavy atom. The van der Waals surface area contributed by atoms with Gasteiger partial charge in [0, 0.05) is 48.5 Å². The Morgan fingerprint density at radius 2 is 1.97 bits per heavy atom. The zero-order valence-corrected chi connectivity index (χ0v) is 20.4. The van der Waals surface area contributed by atoms with Gasteiger partial charge in [-0.15, -0.1) is 0 Å². The Balaban J connectivity index is 1.66. The molecule has 8 nitrogen and oxygen atoms in total. The van der Waals surface area contributed by atoms with Crippen molar-refractivity contribution in [3.63, 3.8) is 0 Å². The number of Topliss-reactive ketones (excluding diaryl/α,β-unsaturated/α-hetero) is 1. The van der Waals surface area contributed by atoms with Crippen LogP contribution in [-0.2, 0) is 31.0 Å². The summed E-state index contributed by atoms with van der Waals surface area (Å²) in [4.78, 5) is 41.9. The molecule has 2 fully saturated rings. The first-order valence-corrected chi connectivity index (χ1v) is 12.1. The number of benzene rings is 1. The van der Waals surface area contributed by atoms with E-state index < -0.39 is 34.2 Å². The number of likely N-dealkylation sites (tertiary alicyclic amines) is 1. The number of hydrogen-bond acceptors (Lipinski definition) is 7. The lowest BCUT2D eigenvalue weighted by atomic mass is 9.33. The highest BCUT2D eigenvalue weighted by molar-refractivity contribution is 6.13. The molecule has 1 aromatic carbocycles. The smallest absolute Gasteiger partial charge is 0.221 e. The first kappa shape index (κ1) is 22.5. The molecule has 1 heterocycles. The predicted octanol–water partition coefficient (Wildman–Crippen LogP) is 1.65. The molecule has 6 aliphatic rings. The van der Waals surface area contributed by atoms with E-state index in [4.69, 9.17) is 9.47 Å². The Morgan fingerprint density at radius 3 is 2.66 bits per heavy atom. The van der Waals surface area contributed by atoms with E-state index in [0.29, 0.717) is 25.0 Å². The van der Waals surface area contributed by atoms with Crippen LogP contribution in [0.15, 0.2) is 36.1 Å². The number of aromatic hydroxyl groups is 1. The number of carbonyl (C=O) groups excluding carboxylic acids is 3. The zero-order chi connectivity index (χ0) is 24.9. The monoisotopic (exact) mass is 478 g/mol. The van der Waals surface area contributed by atoms with Gasteiger partial charge in [0.05, 0.1) is 24.3 Å². The summed E-state index contributed by atoms with van der Waals surface area (Å²) in [7, 11) is 5.18. The first-order chi connectivity index (χ1) is 16.7. The second kappa shape index (κ2) is 7.04. The molecule has 5 aliphatic carbocycles. The maximum absolute atomic E-state index is 13.9. The number of nitrogens with one attached hydrogen (secondary N) is 1.